The third-order valence-electron chi connectivity index (χ3n) is 2.67. The zero-order valence-electron chi connectivity index (χ0n) is 11.3. The molecule has 0 saturated carbocycles. The Kier molecular flexibility index (Phi) is 6.87. The number of hydrogen-bond donors (Lipinski definition) is 1. The van der Waals surface area contributed by atoms with E-state index in [4.69, 9.17) is 4.74 Å². The van der Waals surface area contributed by atoms with Gasteiger partial charge in [-0.1, -0.05) is 13.8 Å². The predicted octanol–water partition coefficient (Wildman–Crippen LogP) is 3.26. The lowest BCUT2D eigenvalue weighted by atomic mass is 10.1. The number of halogens is 3. The van der Waals surface area contributed by atoms with Gasteiger partial charge in [0.05, 0.1) is 6.61 Å². The van der Waals surface area contributed by atoms with Crippen molar-refractivity contribution in [3.05, 3.63) is 35.1 Å². The van der Waals surface area contributed by atoms with Crippen LogP contribution in [-0.2, 0) is 11.3 Å². The van der Waals surface area contributed by atoms with Crippen molar-refractivity contribution in [2.24, 2.45) is 5.92 Å². The second-order valence-electron chi connectivity index (χ2n) is 4.83. The zero-order valence-corrected chi connectivity index (χ0v) is 11.3. The minimum atomic E-state index is -1.17. The van der Waals surface area contributed by atoms with Crippen LogP contribution in [0.5, 0.6) is 0 Å². The molecular weight excluding hydrogens is 255 g/mol. The average Bonchev–Trinajstić information content (AvgIpc) is 2.33. The van der Waals surface area contributed by atoms with Gasteiger partial charge in [-0.25, -0.2) is 13.2 Å². The van der Waals surface area contributed by atoms with Gasteiger partial charge in [0.2, 0.25) is 0 Å². The molecule has 0 aliphatic carbocycles. The summed E-state index contributed by atoms with van der Waals surface area (Å²) in [6.45, 7) is 6.13. The minimum Gasteiger partial charge on any atom is -0.380 e. The molecule has 0 saturated heterocycles. The molecule has 0 aliphatic heterocycles. The SMILES string of the molecule is CC(C)CCOCCNCc1cc(F)c(F)cc1F. The Hall–Kier alpha value is -1.07. The number of hydrogen-bond acceptors (Lipinski definition) is 2. The largest absolute Gasteiger partial charge is 0.380 e. The summed E-state index contributed by atoms with van der Waals surface area (Å²) in [5.74, 6) is -2.35. The molecule has 5 heteroatoms. The van der Waals surface area contributed by atoms with E-state index in [-0.39, 0.29) is 12.1 Å². The highest BCUT2D eigenvalue weighted by atomic mass is 19.2. The van der Waals surface area contributed by atoms with Crippen LogP contribution in [0.3, 0.4) is 0 Å². The molecule has 1 N–H and O–H groups in total. The van der Waals surface area contributed by atoms with Crippen LogP contribution in [0.2, 0.25) is 0 Å². The maximum Gasteiger partial charge on any atom is 0.161 e. The van der Waals surface area contributed by atoms with Crippen LogP contribution in [-0.4, -0.2) is 19.8 Å². The van der Waals surface area contributed by atoms with E-state index < -0.39 is 17.5 Å². The Morgan fingerprint density at radius 3 is 2.42 bits per heavy atom. The quantitative estimate of drug-likeness (QED) is 0.581. The summed E-state index contributed by atoms with van der Waals surface area (Å²) >= 11 is 0. The summed E-state index contributed by atoms with van der Waals surface area (Å²) in [6, 6.07) is 1.43. The van der Waals surface area contributed by atoms with Crippen LogP contribution in [0.15, 0.2) is 12.1 Å². The third-order valence-corrected chi connectivity index (χ3v) is 2.67. The van der Waals surface area contributed by atoms with Crippen molar-refractivity contribution in [1.82, 2.24) is 5.32 Å². The monoisotopic (exact) mass is 275 g/mol. The lowest BCUT2D eigenvalue weighted by Crippen LogP contribution is -2.20. The highest BCUT2D eigenvalue weighted by Gasteiger charge is 2.09. The zero-order chi connectivity index (χ0) is 14.3. The van der Waals surface area contributed by atoms with Gasteiger partial charge in [0.25, 0.3) is 0 Å². The molecule has 0 heterocycles. The average molecular weight is 275 g/mol. The van der Waals surface area contributed by atoms with Crippen molar-refractivity contribution >= 4 is 0 Å². The summed E-state index contributed by atoms with van der Waals surface area (Å²) in [5, 5.41) is 2.92. The number of nitrogens with one attached hydrogen (secondary N) is 1. The lowest BCUT2D eigenvalue weighted by Gasteiger charge is -2.08. The molecule has 1 aromatic rings. The molecular formula is C14H20F3NO. The summed E-state index contributed by atoms with van der Waals surface area (Å²) in [6.07, 6.45) is 0.998. The van der Waals surface area contributed by atoms with Gasteiger partial charge in [0, 0.05) is 31.3 Å². The van der Waals surface area contributed by atoms with Crippen LogP contribution in [0.4, 0.5) is 13.2 Å². The Morgan fingerprint density at radius 2 is 1.74 bits per heavy atom. The normalized spacial score (nSPS) is 11.3. The van der Waals surface area contributed by atoms with E-state index in [1.807, 2.05) is 0 Å². The Balaban J connectivity index is 2.21. The molecule has 0 atom stereocenters. The first-order valence-corrected chi connectivity index (χ1v) is 6.42. The molecule has 1 rings (SSSR count). The number of rotatable bonds is 8. The molecule has 19 heavy (non-hydrogen) atoms. The lowest BCUT2D eigenvalue weighted by molar-refractivity contribution is 0.125. The van der Waals surface area contributed by atoms with E-state index in [2.05, 4.69) is 19.2 Å². The van der Waals surface area contributed by atoms with E-state index in [0.717, 1.165) is 12.5 Å². The van der Waals surface area contributed by atoms with Gasteiger partial charge in [-0.2, -0.15) is 0 Å². The highest BCUT2D eigenvalue weighted by molar-refractivity contribution is 5.19. The fourth-order valence-electron chi connectivity index (χ4n) is 1.49. The molecule has 0 aromatic heterocycles. The van der Waals surface area contributed by atoms with Crippen molar-refractivity contribution in [2.45, 2.75) is 26.8 Å². The van der Waals surface area contributed by atoms with Crippen LogP contribution in [0.1, 0.15) is 25.8 Å². The van der Waals surface area contributed by atoms with E-state index in [9.17, 15) is 13.2 Å². The van der Waals surface area contributed by atoms with E-state index in [1.165, 1.54) is 0 Å². The van der Waals surface area contributed by atoms with Gasteiger partial charge in [-0.3, -0.25) is 0 Å². The predicted molar refractivity (Wildman–Crippen MR) is 68.3 cm³/mol. The fourth-order valence-corrected chi connectivity index (χ4v) is 1.49. The first kappa shape index (κ1) is 16.0. The fraction of sp³-hybridized carbons (Fsp3) is 0.571. The maximum absolute atomic E-state index is 13.3. The topological polar surface area (TPSA) is 21.3 Å². The summed E-state index contributed by atoms with van der Waals surface area (Å²) in [5.41, 5.74) is 0.112. The van der Waals surface area contributed by atoms with Crippen LogP contribution in [0, 0.1) is 23.4 Å². The van der Waals surface area contributed by atoms with Crippen LogP contribution < -0.4 is 5.32 Å². The van der Waals surface area contributed by atoms with Crippen LogP contribution in [0.25, 0.3) is 0 Å². The van der Waals surface area contributed by atoms with E-state index in [0.29, 0.717) is 31.7 Å². The van der Waals surface area contributed by atoms with E-state index >= 15 is 0 Å². The molecule has 0 fully saturated rings. The molecule has 0 amide bonds. The summed E-state index contributed by atoms with van der Waals surface area (Å²) in [4.78, 5) is 0. The van der Waals surface area contributed by atoms with Gasteiger partial charge in [0.15, 0.2) is 11.6 Å². The second kappa shape index (κ2) is 8.17. The van der Waals surface area contributed by atoms with Crippen molar-refractivity contribution in [3.8, 4) is 0 Å². The smallest absolute Gasteiger partial charge is 0.161 e. The first-order chi connectivity index (χ1) is 9.00. The molecule has 0 spiro atoms. The Morgan fingerprint density at radius 1 is 1.05 bits per heavy atom. The van der Waals surface area contributed by atoms with Gasteiger partial charge in [0.1, 0.15) is 5.82 Å². The standard InChI is InChI=1S/C14H20F3NO/c1-10(2)3-5-19-6-4-18-9-11-7-13(16)14(17)8-12(11)15/h7-8,10,18H,3-6,9H2,1-2H3. The van der Waals surface area contributed by atoms with Crippen molar-refractivity contribution in [2.75, 3.05) is 19.8 Å². The van der Waals surface area contributed by atoms with Gasteiger partial charge >= 0.3 is 0 Å². The molecule has 0 aliphatic rings. The highest BCUT2D eigenvalue weighted by Crippen LogP contribution is 2.13. The van der Waals surface area contributed by atoms with Crippen molar-refractivity contribution < 1.29 is 17.9 Å². The molecule has 1 aromatic carbocycles. The third kappa shape index (κ3) is 6.07. The van der Waals surface area contributed by atoms with E-state index in [1.54, 1.807) is 0 Å². The Labute approximate surface area is 112 Å². The maximum atomic E-state index is 13.3. The van der Waals surface area contributed by atoms with Crippen molar-refractivity contribution in [3.63, 3.8) is 0 Å². The van der Waals surface area contributed by atoms with Gasteiger partial charge in [-0.15, -0.1) is 0 Å². The Bertz CT molecular complexity index is 397. The molecule has 0 radical (unpaired) electrons. The van der Waals surface area contributed by atoms with Crippen molar-refractivity contribution in [1.29, 1.82) is 0 Å². The molecule has 2 nitrogen and oxygen atoms in total. The van der Waals surface area contributed by atoms with Crippen LogP contribution >= 0.6 is 0 Å². The van der Waals surface area contributed by atoms with Gasteiger partial charge < -0.3 is 10.1 Å². The summed E-state index contributed by atoms with van der Waals surface area (Å²) in [7, 11) is 0. The van der Waals surface area contributed by atoms with Gasteiger partial charge in [-0.05, 0) is 18.4 Å². The number of benzene rings is 1. The molecule has 0 unspecified atom stereocenters. The number of ether oxygens (including phenoxy) is 1. The molecule has 0 bridgehead atoms. The second-order valence-corrected chi connectivity index (χ2v) is 4.83. The molecule has 108 valence electrons. The first-order valence-electron chi connectivity index (χ1n) is 6.42. The minimum absolute atomic E-state index is 0.112. The summed E-state index contributed by atoms with van der Waals surface area (Å²) < 4.78 is 44.2.